The highest BCUT2D eigenvalue weighted by Gasteiger charge is 2.07. The van der Waals surface area contributed by atoms with Crippen molar-refractivity contribution in [2.45, 2.75) is 17.7 Å². The molecule has 14 heavy (non-hydrogen) atoms. The monoisotopic (exact) mass is 211 g/mol. The molecule has 78 valence electrons. The smallest absolute Gasteiger partial charge is 0.132 e. The van der Waals surface area contributed by atoms with E-state index in [9.17, 15) is 0 Å². The van der Waals surface area contributed by atoms with Crippen molar-refractivity contribution >= 4 is 11.8 Å². The Hall–Kier alpha value is -0.670. The second kappa shape index (κ2) is 5.27. The lowest BCUT2D eigenvalue weighted by atomic mass is 10.0. The summed E-state index contributed by atoms with van der Waals surface area (Å²) in [6.45, 7) is 2.81. The number of ether oxygens (including phenoxy) is 1. The van der Waals surface area contributed by atoms with Crippen LogP contribution in [0.3, 0.4) is 0 Å². The molecule has 3 heteroatoms. The van der Waals surface area contributed by atoms with Crippen LogP contribution in [0.1, 0.15) is 18.4 Å². The van der Waals surface area contributed by atoms with Gasteiger partial charge < -0.3 is 10.5 Å². The molecule has 0 heterocycles. The Balaban J connectivity index is 3.01. The van der Waals surface area contributed by atoms with Crippen molar-refractivity contribution in [3.05, 3.63) is 23.8 Å². The van der Waals surface area contributed by atoms with Crippen LogP contribution in [-0.2, 0) is 0 Å². The van der Waals surface area contributed by atoms with Crippen molar-refractivity contribution in [1.29, 1.82) is 0 Å². The fourth-order valence-corrected chi connectivity index (χ4v) is 1.90. The van der Waals surface area contributed by atoms with Crippen LogP contribution < -0.4 is 10.5 Å². The maximum Gasteiger partial charge on any atom is 0.132 e. The Morgan fingerprint density at radius 1 is 1.50 bits per heavy atom. The van der Waals surface area contributed by atoms with Gasteiger partial charge in [-0.2, -0.15) is 0 Å². The maximum absolute atomic E-state index is 5.63. The first-order valence-corrected chi connectivity index (χ1v) is 5.87. The van der Waals surface area contributed by atoms with E-state index in [2.05, 4.69) is 25.3 Å². The van der Waals surface area contributed by atoms with Crippen molar-refractivity contribution in [3.8, 4) is 5.75 Å². The van der Waals surface area contributed by atoms with E-state index in [4.69, 9.17) is 10.5 Å². The van der Waals surface area contributed by atoms with Crippen LogP contribution in [0.4, 0.5) is 0 Å². The van der Waals surface area contributed by atoms with Gasteiger partial charge in [0.15, 0.2) is 0 Å². The van der Waals surface area contributed by atoms with Crippen molar-refractivity contribution in [2.75, 3.05) is 19.9 Å². The Bertz CT molecular complexity index is 301. The standard InChI is InChI=1S/C11H17NOS/c1-8(7-12)9-4-5-10(13-2)11(6-9)14-3/h4-6,8H,7,12H2,1-3H3. The number of hydrogen-bond acceptors (Lipinski definition) is 3. The average Bonchev–Trinajstić information content (AvgIpc) is 2.26. The van der Waals surface area contributed by atoms with E-state index >= 15 is 0 Å². The van der Waals surface area contributed by atoms with Crippen LogP contribution >= 0.6 is 11.8 Å². The topological polar surface area (TPSA) is 35.2 Å². The van der Waals surface area contributed by atoms with Gasteiger partial charge in [-0.25, -0.2) is 0 Å². The van der Waals surface area contributed by atoms with E-state index in [0.717, 1.165) is 5.75 Å². The Morgan fingerprint density at radius 3 is 2.71 bits per heavy atom. The summed E-state index contributed by atoms with van der Waals surface area (Å²) in [5.74, 6) is 1.34. The van der Waals surface area contributed by atoms with Gasteiger partial charge in [0.05, 0.1) is 7.11 Å². The third-order valence-corrected chi connectivity index (χ3v) is 3.09. The molecule has 0 spiro atoms. The molecule has 1 atom stereocenters. The largest absolute Gasteiger partial charge is 0.496 e. The summed E-state index contributed by atoms with van der Waals surface area (Å²) in [5.41, 5.74) is 6.90. The first kappa shape index (κ1) is 11.4. The first-order valence-electron chi connectivity index (χ1n) is 4.65. The molecular weight excluding hydrogens is 194 g/mol. The van der Waals surface area contributed by atoms with E-state index in [1.54, 1.807) is 18.9 Å². The Kier molecular flexibility index (Phi) is 4.29. The van der Waals surface area contributed by atoms with Gasteiger partial charge in [0.2, 0.25) is 0 Å². The summed E-state index contributed by atoms with van der Waals surface area (Å²) in [4.78, 5) is 1.17. The van der Waals surface area contributed by atoms with Gasteiger partial charge in [0.1, 0.15) is 5.75 Å². The second-order valence-corrected chi connectivity index (χ2v) is 4.10. The molecule has 0 radical (unpaired) electrons. The minimum absolute atomic E-state index is 0.409. The lowest BCUT2D eigenvalue weighted by Gasteiger charge is -2.12. The van der Waals surface area contributed by atoms with E-state index in [1.165, 1.54) is 10.5 Å². The van der Waals surface area contributed by atoms with Gasteiger partial charge in [-0.3, -0.25) is 0 Å². The van der Waals surface area contributed by atoms with E-state index in [1.807, 2.05) is 6.07 Å². The quantitative estimate of drug-likeness (QED) is 0.777. The van der Waals surface area contributed by atoms with Crippen LogP contribution in [0.2, 0.25) is 0 Å². The molecule has 0 bridgehead atoms. The predicted octanol–water partition coefficient (Wildman–Crippen LogP) is 2.48. The molecular formula is C11H17NOS. The van der Waals surface area contributed by atoms with Gasteiger partial charge in [0.25, 0.3) is 0 Å². The van der Waals surface area contributed by atoms with Gasteiger partial charge in [-0.1, -0.05) is 13.0 Å². The number of benzene rings is 1. The number of nitrogens with two attached hydrogens (primary N) is 1. The Morgan fingerprint density at radius 2 is 2.21 bits per heavy atom. The highest BCUT2D eigenvalue weighted by atomic mass is 32.2. The molecule has 0 aliphatic carbocycles. The summed E-state index contributed by atoms with van der Waals surface area (Å²) in [7, 11) is 1.70. The molecule has 0 aliphatic rings. The Labute approximate surface area is 89.8 Å². The van der Waals surface area contributed by atoms with Crippen LogP contribution in [0, 0.1) is 0 Å². The molecule has 0 saturated heterocycles. The molecule has 0 amide bonds. The number of methoxy groups -OCH3 is 1. The molecule has 0 aliphatic heterocycles. The van der Waals surface area contributed by atoms with Gasteiger partial charge in [0, 0.05) is 4.90 Å². The van der Waals surface area contributed by atoms with Crippen molar-refractivity contribution in [3.63, 3.8) is 0 Å². The summed E-state index contributed by atoms with van der Waals surface area (Å²) < 4.78 is 5.25. The molecule has 1 aromatic rings. The molecule has 1 unspecified atom stereocenters. The fourth-order valence-electron chi connectivity index (χ4n) is 1.30. The summed E-state index contributed by atoms with van der Waals surface area (Å²) >= 11 is 1.70. The summed E-state index contributed by atoms with van der Waals surface area (Å²) in [6, 6.07) is 6.24. The molecule has 1 rings (SSSR count). The van der Waals surface area contributed by atoms with E-state index in [0.29, 0.717) is 12.5 Å². The first-order chi connectivity index (χ1) is 6.72. The van der Waals surface area contributed by atoms with Gasteiger partial charge in [-0.05, 0) is 36.4 Å². The zero-order valence-electron chi connectivity index (χ0n) is 8.91. The van der Waals surface area contributed by atoms with Crippen molar-refractivity contribution < 1.29 is 4.74 Å². The SMILES string of the molecule is COc1ccc(C(C)CN)cc1SC. The minimum atomic E-state index is 0.409. The van der Waals surface area contributed by atoms with Crippen LogP contribution in [0.15, 0.2) is 23.1 Å². The molecule has 2 nitrogen and oxygen atoms in total. The lowest BCUT2D eigenvalue weighted by molar-refractivity contribution is 0.404. The van der Waals surface area contributed by atoms with Crippen molar-refractivity contribution in [1.82, 2.24) is 0 Å². The summed E-state index contributed by atoms with van der Waals surface area (Å²) in [5, 5.41) is 0. The van der Waals surface area contributed by atoms with Crippen LogP contribution in [-0.4, -0.2) is 19.9 Å². The van der Waals surface area contributed by atoms with Crippen LogP contribution in [0.5, 0.6) is 5.75 Å². The third-order valence-electron chi connectivity index (χ3n) is 2.33. The van der Waals surface area contributed by atoms with Gasteiger partial charge in [-0.15, -0.1) is 11.8 Å². The lowest BCUT2D eigenvalue weighted by Crippen LogP contribution is -2.08. The van der Waals surface area contributed by atoms with Gasteiger partial charge >= 0.3 is 0 Å². The zero-order chi connectivity index (χ0) is 10.6. The minimum Gasteiger partial charge on any atom is -0.496 e. The van der Waals surface area contributed by atoms with E-state index in [-0.39, 0.29) is 0 Å². The maximum atomic E-state index is 5.63. The summed E-state index contributed by atoms with van der Waals surface area (Å²) in [6.07, 6.45) is 2.05. The molecule has 0 aromatic heterocycles. The van der Waals surface area contributed by atoms with Crippen molar-refractivity contribution in [2.24, 2.45) is 5.73 Å². The number of rotatable bonds is 4. The third kappa shape index (κ3) is 2.42. The number of thioether (sulfide) groups is 1. The second-order valence-electron chi connectivity index (χ2n) is 3.25. The molecule has 0 saturated carbocycles. The van der Waals surface area contributed by atoms with Crippen LogP contribution in [0.25, 0.3) is 0 Å². The fraction of sp³-hybridized carbons (Fsp3) is 0.455. The highest BCUT2D eigenvalue weighted by Crippen LogP contribution is 2.30. The molecule has 1 aromatic carbocycles. The number of hydrogen-bond donors (Lipinski definition) is 1. The highest BCUT2D eigenvalue weighted by molar-refractivity contribution is 7.98. The zero-order valence-corrected chi connectivity index (χ0v) is 9.73. The predicted molar refractivity (Wildman–Crippen MR) is 62.2 cm³/mol. The van der Waals surface area contributed by atoms with E-state index < -0.39 is 0 Å². The molecule has 0 fully saturated rings. The molecule has 2 N–H and O–H groups in total. The normalized spacial score (nSPS) is 12.6. The average molecular weight is 211 g/mol.